The third-order valence-electron chi connectivity index (χ3n) is 3.44. The number of hydrogen-bond acceptors (Lipinski definition) is 5. The van der Waals surface area contributed by atoms with Crippen molar-refractivity contribution in [3.05, 3.63) is 45.6 Å². The van der Waals surface area contributed by atoms with Crippen LogP contribution in [0.2, 0.25) is 0 Å². The standard InChI is InChI=1S/C16H23N5O/c1-5-10-17-20-15-18-13(6-2)21(16(22)19-15)14-11(3)8-7-9-12(14)4/h7-9,17H,5-6,10H2,1-4H3,(H,19,20,22). The van der Waals surface area contributed by atoms with Crippen LogP contribution in [0.5, 0.6) is 0 Å². The monoisotopic (exact) mass is 301 g/mol. The van der Waals surface area contributed by atoms with E-state index in [1.54, 1.807) is 4.57 Å². The van der Waals surface area contributed by atoms with Gasteiger partial charge in [0.1, 0.15) is 5.82 Å². The number of nitrogens with zero attached hydrogens (tertiary/aromatic N) is 3. The lowest BCUT2D eigenvalue weighted by Crippen LogP contribution is -2.31. The molecule has 0 aliphatic heterocycles. The molecule has 22 heavy (non-hydrogen) atoms. The average molecular weight is 301 g/mol. The van der Waals surface area contributed by atoms with E-state index in [4.69, 9.17) is 0 Å². The number of hydrogen-bond donors (Lipinski definition) is 2. The highest BCUT2D eigenvalue weighted by Crippen LogP contribution is 2.18. The van der Waals surface area contributed by atoms with Gasteiger partial charge in [-0.3, -0.25) is 5.43 Å². The van der Waals surface area contributed by atoms with Crippen LogP contribution in [0.1, 0.15) is 37.2 Å². The normalized spacial score (nSPS) is 10.7. The van der Waals surface area contributed by atoms with Crippen LogP contribution < -0.4 is 16.5 Å². The zero-order chi connectivity index (χ0) is 16.1. The molecule has 1 heterocycles. The van der Waals surface area contributed by atoms with E-state index < -0.39 is 0 Å². The number of aryl methyl sites for hydroxylation is 3. The Hall–Kier alpha value is -2.21. The highest BCUT2D eigenvalue weighted by atomic mass is 16.1. The second kappa shape index (κ2) is 7.17. The van der Waals surface area contributed by atoms with Crippen LogP contribution in [0.25, 0.3) is 5.69 Å². The highest BCUT2D eigenvalue weighted by Gasteiger charge is 2.14. The summed E-state index contributed by atoms with van der Waals surface area (Å²) in [6.07, 6.45) is 1.63. The Balaban J connectivity index is 2.51. The molecule has 2 rings (SSSR count). The molecule has 0 saturated heterocycles. The summed E-state index contributed by atoms with van der Waals surface area (Å²) in [6.45, 7) is 8.80. The van der Waals surface area contributed by atoms with Crippen LogP contribution in [0, 0.1) is 13.8 Å². The Morgan fingerprint density at radius 2 is 1.82 bits per heavy atom. The van der Waals surface area contributed by atoms with E-state index in [0.717, 1.165) is 29.8 Å². The molecule has 6 heteroatoms. The summed E-state index contributed by atoms with van der Waals surface area (Å²) in [5, 5.41) is 0. The van der Waals surface area contributed by atoms with Crippen LogP contribution in [0.3, 0.4) is 0 Å². The summed E-state index contributed by atoms with van der Waals surface area (Å²) in [4.78, 5) is 21.0. The zero-order valence-electron chi connectivity index (χ0n) is 13.6. The van der Waals surface area contributed by atoms with Crippen LogP contribution in [-0.2, 0) is 6.42 Å². The van der Waals surface area contributed by atoms with Crippen molar-refractivity contribution >= 4 is 5.95 Å². The van der Waals surface area contributed by atoms with Gasteiger partial charge in [0.15, 0.2) is 0 Å². The van der Waals surface area contributed by atoms with Gasteiger partial charge in [0, 0.05) is 13.0 Å². The van der Waals surface area contributed by atoms with E-state index >= 15 is 0 Å². The van der Waals surface area contributed by atoms with E-state index in [-0.39, 0.29) is 5.69 Å². The fraction of sp³-hybridized carbons (Fsp3) is 0.438. The number of benzene rings is 1. The van der Waals surface area contributed by atoms with Crippen molar-refractivity contribution in [2.75, 3.05) is 12.0 Å². The molecule has 0 bridgehead atoms. The molecule has 1 aromatic carbocycles. The number of para-hydroxylation sites is 1. The Labute approximate surface area is 130 Å². The Morgan fingerprint density at radius 1 is 1.14 bits per heavy atom. The lowest BCUT2D eigenvalue weighted by Gasteiger charge is -2.16. The summed E-state index contributed by atoms with van der Waals surface area (Å²) < 4.78 is 1.61. The molecule has 0 fully saturated rings. The smallest absolute Gasteiger partial charge is 0.289 e. The third-order valence-corrected chi connectivity index (χ3v) is 3.44. The first-order valence-corrected chi connectivity index (χ1v) is 7.63. The van der Waals surface area contributed by atoms with Crippen molar-refractivity contribution in [3.8, 4) is 5.69 Å². The molecule has 0 saturated carbocycles. The van der Waals surface area contributed by atoms with Crippen molar-refractivity contribution in [3.63, 3.8) is 0 Å². The summed E-state index contributed by atoms with van der Waals surface area (Å²) in [7, 11) is 0. The van der Waals surface area contributed by atoms with Crippen molar-refractivity contribution < 1.29 is 0 Å². The van der Waals surface area contributed by atoms with Crippen LogP contribution in [0.15, 0.2) is 23.0 Å². The van der Waals surface area contributed by atoms with E-state index in [1.807, 2.05) is 39.0 Å². The third kappa shape index (κ3) is 3.33. The highest BCUT2D eigenvalue weighted by molar-refractivity contribution is 5.47. The summed E-state index contributed by atoms with van der Waals surface area (Å²) in [5.74, 6) is 1.01. The summed E-state index contributed by atoms with van der Waals surface area (Å²) >= 11 is 0. The minimum atomic E-state index is -0.315. The molecule has 0 atom stereocenters. The molecule has 0 aliphatic rings. The van der Waals surface area contributed by atoms with Gasteiger partial charge < -0.3 is 0 Å². The predicted molar refractivity (Wildman–Crippen MR) is 88.4 cm³/mol. The van der Waals surface area contributed by atoms with E-state index in [9.17, 15) is 4.79 Å². The molecule has 0 amide bonds. The van der Waals surface area contributed by atoms with E-state index in [1.165, 1.54) is 0 Å². The summed E-state index contributed by atoms with van der Waals surface area (Å²) in [5.41, 5.74) is 8.50. The molecule has 118 valence electrons. The molecule has 6 nitrogen and oxygen atoms in total. The Morgan fingerprint density at radius 3 is 2.41 bits per heavy atom. The zero-order valence-corrected chi connectivity index (χ0v) is 13.6. The molecule has 0 spiro atoms. The SMILES string of the molecule is CCCNNc1nc(CC)n(-c2c(C)cccc2C)c(=O)n1. The topological polar surface area (TPSA) is 71.8 Å². The molecule has 1 aromatic heterocycles. The van der Waals surface area contributed by atoms with E-state index in [0.29, 0.717) is 18.2 Å². The van der Waals surface area contributed by atoms with Gasteiger partial charge in [0.2, 0.25) is 5.95 Å². The number of aromatic nitrogens is 3. The maximum Gasteiger partial charge on any atom is 0.356 e. The molecular weight excluding hydrogens is 278 g/mol. The van der Waals surface area contributed by atoms with Crippen molar-refractivity contribution in [1.82, 2.24) is 20.0 Å². The minimum Gasteiger partial charge on any atom is -0.289 e. The number of rotatable bonds is 6. The van der Waals surface area contributed by atoms with E-state index in [2.05, 4.69) is 27.7 Å². The fourth-order valence-electron chi connectivity index (χ4n) is 2.39. The van der Waals surface area contributed by atoms with Gasteiger partial charge in [0.05, 0.1) is 5.69 Å². The lowest BCUT2D eigenvalue weighted by atomic mass is 10.1. The second-order valence-electron chi connectivity index (χ2n) is 5.23. The van der Waals surface area contributed by atoms with Gasteiger partial charge in [-0.1, -0.05) is 32.0 Å². The lowest BCUT2D eigenvalue weighted by molar-refractivity contribution is 0.720. The maximum absolute atomic E-state index is 12.5. The first kappa shape index (κ1) is 16.2. The first-order chi connectivity index (χ1) is 10.6. The van der Waals surface area contributed by atoms with Gasteiger partial charge in [0.25, 0.3) is 0 Å². The fourth-order valence-corrected chi connectivity index (χ4v) is 2.39. The van der Waals surface area contributed by atoms with Gasteiger partial charge in [-0.25, -0.2) is 14.8 Å². The van der Waals surface area contributed by atoms with Crippen molar-refractivity contribution in [2.45, 2.75) is 40.5 Å². The van der Waals surface area contributed by atoms with Crippen LogP contribution in [0.4, 0.5) is 5.95 Å². The second-order valence-corrected chi connectivity index (χ2v) is 5.23. The van der Waals surface area contributed by atoms with Gasteiger partial charge in [-0.15, -0.1) is 0 Å². The molecule has 2 N–H and O–H groups in total. The Bertz CT molecular complexity index is 688. The van der Waals surface area contributed by atoms with Gasteiger partial charge in [-0.2, -0.15) is 9.97 Å². The van der Waals surface area contributed by atoms with Crippen LogP contribution >= 0.6 is 0 Å². The number of hydrazine groups is 1. The molecule has 0 radical (unpaired) electrons. The maximum atomic E-state index is 12.5. The molecule has 0 aliphatic carbocycles. The van der Waals surface area contributed by atoms with Crippen molar-refractivity contribution in [1.29, 1.82) is 0 Å². The predicted octanol–water partition coefficient (Wildman–Crippen LogP) is 2.13. The summed E-state index contributed by atoms with van der Waals surface area (Å²) in [6, 6.07) is 5.96. The van der Waals surface area contributed by atoms with Crippen LogP contribution in [-0.4, -0.2) is 21.1 Å². The molecule has 2 aromatic rings. The largest absolute Gasteiger partial charge is 0.356 e. The van der Waals surface area contributed by atoms with Gasteiger partial charge >= 0.3 is 5.69 Å². The molecule has 0 unspecified atom stereocenters. The van der Waals surface area contributed by atoms with Gasteiger partial charge in [-0.05, 0) is 31.4 Å². The van der Waals surface area contributed by atoms with Crippen molar-refractivity contribution in [2.24, 2.45) is 0 Å². The molecular formula is C16H23N5O. The average Bonchev–Trinajstić information content (AvgIpc) is 2.48. The first-order valence-electron chi connectivity index (χ1n) is 7.63. The number of nitrogens with one attached hydrogen (secondary N) is 2. The quantitative estimate of drug-likeness (QED) is 0.632. The Kier molecular flexibility index (Phi) is 5.27. The minimum absolute atomic E-state index is 0.315. The number of anilines is 1.